The summed E-state index contributed by atoms with van der Waals surface area (Å²) >= 11 is 0. The molecule has 0 amide bonds. The van der Waals surface area contributed by atoms with Crippen LogP contribution in [0.1, 0.15) is 115 Å². The van der Waals surface area contributed by atoms with Crippen molar-refractivity contribution in [2.45, 2.75) is 207 Å². The fourth-order valence-electron chi connectivity index (χ4n) is 7.52. The van der Waals surface area contributed by atoms with Crippen LogP contribution in [0.4, 0.5) is 0 Å². The molecule has 3 fully saturated rings. The first-order valence-electron chi connectivity index (χ1n) is 22.0. The minimum atomic E-state index is -1.79. The first-order valence-corrected chi connectivity index (χ1v) is 22.0. The van der Waals surface area contributed by atoms with Crippen LogP contribution >= 0.6 is 0 Å². The van der Waals surface area contributed by atoms with E-state index in [1.165, 1.54) is 30.6 Å². The Morgan fingerprint density at radius 2 is 0.922 bits per heavy atom. The summed E-state index contributed by atoms with van der Waals surface area (Å²) in [6.45, 7) is 17.4. The monoisotopic (exact) mass is 912 g/mol. The second kappa shape index (κ2) is 26.6. The molecule has 3 rings (SSSR count). The molecule has 18 nitrogen and oxygen atoms in total. The maximum Gasteiger partial charge on any atom is 0.303 e. The Hall–Kier alpha value is -3.56. The van der Waals surface area contributed by atoms with Crippen LogP contribution in [0.15, 0.2) is 46.6 Å². The lowest BCUT2D eigenvalue weighted by atomic mass is 9.97. The van der Waals surface area contributed by atoms with E-state index in [1.807, 2.05) is 13.0 Å². The zero-order valence-corrected chi connectivity index (χ0v) is 39.1. The average Bonchev–Trinajstić information content (AvgIpc) is 3.19. The fraction of sp³-hybridized carbons (Fsp3) is 0.739. The number of carbonyl (C=O) groups is 4. The number of aliphatic hydroxyl groups excluding tert-OH is 4. The molecule has 15 atom stereocenters. The zero-order chi connectivity index (χ0) is 47.8. The van der Waals surface area contributed by atoms with Gasteiger partial charge in [0.15, 0.2) is 43.3 Å². The molecule has 64 heavy (non-hydrogen) atoms. The molecule has 15 unspecified atom stereocenters. The molecule has 0 aromatic heterocycles. The first kappa shape index (κ1) is 54.8. The van der Waals surface area contributed by atoms with Gasteiger partial charge in [-0.1, -0.05) is 46.6 Å². The highest BCUT2D eigenvalue weighted by Gasteiger charge is 2.55. The molecule has 3 aliphatic heterocycles. The highest BCUT2D eigenvalue weighted by atomic mass is 16.8. The van der Waals surface area contributed by atoms with Crippen molar-refractivity contribution >= 4 is 23.9 Å². The summed E-state index contributed by atoms with van der Waals surface area (Å²) in [5.41, 5.74) is 4.99. The fourth-order valence-corrected chi connectivity index (χ4v) is 7.52. The van der Waals surface area contributed by atoms with Gasteiger partial charge >= 0.3 is 23.9 Å². The Kier molecular flexibility index (Phi) is 22.7. The summed E-state index contributed by atoms with van der Waals surface area (Å²) < 4.78 is 57.5. The molecule has 3 heterocycles. The Morgan fingerprint density at radius 3 is 1.47 bits per heavy atom. The third-order valence-corrected chi connectivity index (χ3v) is 10.9. The molecule has 3 saturated heterocycles. The van der Waals surface area contributed by atoms with Crippen molar-refractivity contribution in [1.29, 1.82) is 0 Å². The molecule has 0 aliphatic carbocycles. The molecule has 0 saturated carbocycles. The van der Waals surface area contributed by atoms with Crippen molar-refractivity contribution in [2.75, 3.05) is 13.2 Å². The largest absolute Gasteiger partial charge is 0.457 e. The van der Waals surface area contributed by atoms with Gasteiger partial charge in [0.1, 0.15) is 36.6 Å². The molecule has 0 spiro atoms. The second-order valence-electron chi connectivity index (χ2n) is 17.0. The first-order chi connectivity index (χ1) is 30.1. The van der Waals surface area contributed by atoms with E-state index in [0.29, 0.717) is 0 Å². The smallest absolute Gasteiger partial charge is 0.303 e. The molecular weight excluding hydrogens is 840 g/mol. The molecule has 3 aliphatic rings. The number of rotatable bonds is 21. The molecule has 0 aromatic rings. The third-order valence-electron chi connectivity index (χ3n) is 10.9. The van der Waals surface area contributed by atoms with E-state index in [1.54, 1.807) is 0 Å². The van der Waals surface area contributed by atoms with Crippen molar-refractivity contribution in [2.24, 2.45) is 0 Å². The average molecular weight is 913 g/mol. The minimum absolute atomic E-state index is 0.0438. The predicted molar refractivity (Wildman–Crippen MR) is 229 cm³/mol. The number of hydrogen-bond acceptors (Lipinski definition) is 18. The Balaban J connectivity index is 1.80. The summed E-state index contributed by atoms with van der Waals surface area (Å²) in [4.78, 5) is 48.2. The SMILES string of the molecule is CC(=O)OC1C(C)OC(OCC2OC(OCC=C(C)CCC=C(C)CCC=C(C)CCC=C(C)C)C(OC3OC(C)C(OC(C)=O)C(OC(C)=O)C3OC(C)=O)C(O)C2O)C(O)C1O. The normalized spacial score (nSPS) is 33.8. The number of aliphatic hydroxyl groups is 4. The Labute approximate surface area is 376 Å². The van der Waals surface area contributed by atoms with Crippen LogP contribution in [0.25, 0.3) is 0 Å². The summed E-state index contributed by atoms with van der Waals surface area (Å²) in [5.74, 6) is -3.02. The van der Waals surface area contributed by atoms with E-state index in [4.69, 9.17) is 47.4 Å². The topological polar surface area (TPSA) is 241 Å². The Morgan fingerprint density at radius 1 is 0.469 bits per heavy atom. The van der Waals surface area contributed by atoms with Crippen molar-refractivity contribution in [1.82, 2.24) is 0 Å². The van der Waals surface area contributed by atoms with Crippen LogP contribution < -0.4 is 0 Å². The number of hydrogen-bond donors (Lipinski definition) is 4. The van der Waals surface area contributed by atoms with Gasteiger partial charge in [-0.3, -0.25) is 19.2 Å². The number of esters is 4. The van der Waals surface area contributed by atoms with Gasteiger partial charge in [-0.05, 0) is 87.0 Å². The Bertz CT molecular complexity index is 1650. The maximum absolute atomic E-state index is 12.4. The molecule has 0 radical (unpaired) electrons. The lowest BCUT2D eigenvalue weighted by Gasteiger charge is -2.47. The number of allylic oxidation sites excluding steroid dienone is 7. The quantitative estimate of drug-likeness (QED) is 0.0724. The van der Waals surface area contributed by atoms with Crippen LogP contribution in [0.2, 0.25) is 0 Å². The molecule has 0 aromatic carbocycles. The van der Waals surface area contributed by atoms with Crippen LogP contribution in [-0.4, -0.2) is 150 Å². The van der Waals surface area contributed by atoms with Gasteiger partial charge in [-0.15, -0.1) is 0 Å². The van der Waals surface area contributed by atoms with Crippen molar-refractivity contribution < 1.29 is 87.0 Å². The van der Waals surface area contributed by atoms with Crippen molar-refractivity contribution in [3.05, 3.63) is 46.6 Å². The van der Waals surface area contributed by atoms with E-state index < -0.39 is 123 Å². The zero-order valence-electron chi connectivity index (χ0n) is 39.1. The molecule has 0 bridgehead atoms. The van der Waals surface area contributed by atoms with Crippen LogP contribution in [0, 0.1) is 0 Å². The van der Waals surface area contributed by atoms with Gasteiger partial charge in [-0.25, -0.2) is 0 Å². The highest BCUT2D eigenvalue weighted by Crippen LogP contribution is 2.34. The summed E-state index contributed by atoms with van der Waals surface area (Å²) in [5, 5.41) is 44.5. The third kappa shape index (κ3) is 17.3. The van der Waals surface area contributed by atoms with E-state index >= 15 is 0 Å². The lowest BCUT2D eigenvalue weighted by Crippen LogP contribution is -2.65. The second-order valence-corrected chi connectivity index (χ2v) is 17.0. The van der Waals surface area contributed by atoms with Gasteiger partial charge in [0.25, 0.3) is 0 Å². The minimum Gasteiger partial charge on any atom is -0.457 e. The summed E-state index contributed by atoms with van der Waals surface area (Å²) in [6.07, 6.45) is -7.24. The van der Waals surface area contributed by atoms with Crippen LogP contribution in [0.3, 0.4) is 0 Å². The van der Waals surface area contributed by atoms with Crippen LogP contribution in [0.5, 0.6) is 0 Å². The summed E-state index contributed by atoms with van der Waals surface area (Å²) in [6, 6.07) is 0. The van der Waals surface area contributed by atoms with Gasteiger partial charge in [0, 0.05) is 27.7 Å². The van der Waals surface area contributed by atoms with Gasteiger partial charge < -0.3 is 67.8 Å². The van der Waals surface area contributed by atoms with Crippen molar-refractivity contribution in [3.8, 4) is 0 Å². The molecular formula is C46H72O18. The lowest BCUT2D eigenvalue weighted by molar-refractivity contribution is -0.369. The standard InChI is InChI=1S/C46H72O18/c1-24(2)15-12-16-25(3)17-13-18-26(4)19-14-20-27(5)21-22-55-45-41(64-46-43(62-33(11)50)42(61-32(10)49)40(29(7)58-46)60-31(9)48)36(52)35(51)34(63-45)23-56-44-38(54)37(53)39(28(6)57-44)59-30(8)47/h15,17,19,21,28-29,34-46,51-54H,12-14,16,18,20,22-23H2,1-11H3. The molecule has 364 valence electrons. The van der Waals surface area contributed by atoms with Crippen molar-refractivity contribution in [3.63, 3.8) is 0 Å². The number of carbonyl (C=O) groups excluding carboxylic acids is 4. The van der Waals surface area contributed by atoms with Gasteiger partial charge in [-0.2, -0.15) is 0 Å². The van der Waals surface area contributed by atoms with E-state index in [-0.39, 0.29) is 6.61 Å². The van der Waals surface area contributed by atoms with E-state index in [2.05, 4.69) is 45.9 Å². The highest BCUT2D eigenvalue weighted by molar-refractivity contribution is 5.68. The van der Waals surface area contributed by atoms with Gasteiger partial charge in [0.2, 0.25) is 0 Å². The summed E-state index contributed by atoms with van der Waals surface area (Å²) in [7, 11) is 0. The predicted octanol–water partition coefficient (Wildman–Crippen LogP) is 3.94. The molecule has 4 N–H and O–H groups in total. The maximum atomic E-state index is 12.4. The van der Waals surface area contributed by atoms with E-state index in [0.717, 1.165) is 71.8 Å². The van der Waals surface area contributed by atoms with Gasteiger partial charge in [0.05, 0.1) is 25.4 Å². The van der Waals surface area contributed by atoms with Crippen LogP contribution in [-0.2, 0) is 66.5 Å². The molecule has 18 heteroatoms. The number of ether oxygens (including phenoxy) is 10. The van der Waals surface area contributed by atoms with E-state index in [9.17, 15) is 39.6 Å².